The highest BCUT2D eigenvalue weighted by Gasteiger charge is 2.60. The van der Waals surface area contributed by atoms with Crippen LogP contribution < -0.4 is 0 Å². The summed E-state index contributed by atoms with van der Waals surface area (Å²) in [7, 11) is 0. The third-order valence-corrected chi connectivity index (χ3v) is 6.06. The maximum Gasteiger partial charge on any atom is 0.126 e. The van der Waals surface area contributed by atoms with Crippen LogP contribution in [0.3, 0.4) is 0 Å². The molecule has 4 rings (SSSR count). The van der Waals surface area contributed by atoms with Gasteiger partial charge in [0.2, 0.25) is 0 Å². The molecule has 0 saturated heterocycles. The van der Waals surface area contributed by atoms with Crippen molar-refractivity contribution >= 4 is 0 Å². The molecule has 0 aromatic heterocycles. The van der Waals surface area contributed by atoms with E-state index in [0.717, 1.165) is 18.3 Å². The Kier molecular flexibility index (Phi) is 2.54. The lowest BCUT2D eigenvalue weighted by molar-refractivity contribution is -0.0455. The molecule has 0 radical (unpaired) electrons. The molecule has 3 aliphatic rings. The molecular weight excluding hydrogens is 239 g/mol. The fourth-order valence-corrected chi connectivity index (χ4v) is 5.41. The summed E-state index contributed by atoms with van der Waals surface area (Å²) >= 11 is 0. The van der Waals surface area contributed by atoms with Crippen LogP contribution in [-0.4, -0.2) is 10.7 Å². The number of fused-ring (bicyclic) bond motifs is 5. The van der Waals surface area contributed by atoms with Crippen LogP contribution >= 0.6 is 0 Å². The minimum Gasteiger partial charge on any atom is -0.389 e. The zero-order valence-electron chi connectivity index (χ0n) is 11.2. The van der Waals surface area contributed by atoms with E-state index in [-0.39, 0.29) is 5.82 Å². The molecule has 0 amide bonds. The van der Waals surface area contributed by atoms with Gasteiger partial charge in [-0.3, -0.25) is 0 Å². The fourth-order valence-electron chi connectivity index (χ4n) is 5.41. The number of aliphatic hydroxyl groups is 1. The Balaban J connectivity index is 1.60. The van der Waals surface area contributed by atoms with E-state index in [0.29, 0.717) is 23.8 Å². The first-order chi connectivity index (χ1) is 9.17. The molecule has 2 bridgehead atoms. The van der Waals surface area contributed by atoms with Gasteiger partial charge in [-0.25, -0.2) is 4.39 Å². The number of halogens is 1. The predicted octanol–water partition coefficient (Wildman–Crippen LogP) is 3.56. The summed E-state index contributed by atoms with van der Waals surface area (Å²) in [6.45, 7) is 0. The van der Waals surface area contributed by atoms with Crippen LogP contribution in [0.2, 0.25) is 0 Å². The molecule has 1 N–H and O–H groups in total. The van der Waals surface area contributed by atoms with Gasteiger partial charge in [-0.2, -0.15) is 0 Å². The van der Waals surface area contributed by atoms with Crippen molar-refractivity contribution in [2.75, 3.05) is 0 Å². The van der Waals surface area contributed by atoms with Gasteiger partial charge in [-0.1, -0.05) is 24.6 Å². The van der Waals surface area contributed by atoms with E-state index in [2.05, 4.69) is 0 Å². The SMILES string of the molecule is OC1(Cc2ccccc2F)CC2CC1C1CCCC21. The van der Waals surface area contributed by atoms with Gasteiger partial charge < -0.3 is 5.11 Å². The Morgan fingerprint density at radius 2 is 2.00 bits per heavy atom. The molecule has 3 fully saturated rings. The zero-order valence-corrected chi connectivity index (χ0v) is 11.2. The summed E-state index contributed by atoms with van der Waals surface area (Å²) in [5, 5.41) is 11.0. The molecule has 0 aliphatic heterocycles. The van der Waals surface area contributed by atoms with Crippen molar-refractivity contribution in [1.29, 1.82) is 0 Å². The Morgan fingerprint density at radius 3 is 2.84 bits per heavy atom. The summed E-state index contributed by atoms with van der Waals surface area (Å²) in [6, 6.07) is 6.92. The number of benzene rings is 1. The first-order valence-corrected chi connectivity index (χ1v) is 7.63. The molecule has 1 aromatic rings. The summed E-state index contributed by atoms with van der Waals surface area (Å²) in [6.07, 6.45) is 6.56. The maximum absolute atomic E-state index is 13.8. The van der Waals surface area contributed by atoms with E-state index in [9.17, 15) is 9.50 Å². The second-order valence-corrected chi connectivity index (χ2v) is 6.94. The van der Waals surface area contributed by atoms with Crippen LogP contribution in [0.4, 0.5) is 4.39 Å². The van der Waals surface area contributed by atoms with Gasteiger partial charge in [0.05, 0.1) is 5.60 Å². The highest BCUT2D eigenvalue weighted by Crippen LogP contribution is 2.62. The van der Waals surface area contributed by atoms with E-state index < -0.39 is 5.60 Å². The number of hydrogen-bond acceptors (Lipinski definition) is 1. The lowest BCUT2D eigenvalue weighted by Crippen LogP contribution is -2.43. The normalized spacial score (nSPS) is 43.7. The van der Waals surface area contributed by atoms with E-state index in [1.807, 2.05) is 12.1 Å². The Labute approximate surface area is 113 Å². The van der Waals surface area contributed by atoms with E-state index >= 15 is 0 Å². The van der Waals surface area contributed by atoms with Crippen LogP contribution in [0.1, 0.15) is 37.7 Å². The average molecular weight is 260 g/mol. The highest BCUT2D eigenvalue weighted by molar-refractivity contribution is 5.22. The maximum atomic E-state index is 13.8. The van der Waals surface area contributed by atoms with Gasteiger partial charge in [0, 0.05) is 6.42 Å². The molecule has 3 aliphatic carbocycles. The highest BCUT2D eigenvalue weighted by atomic mass is 19.1. The van der Waals surface area contributed by atoms with Crippen LogP contribution in [-0.2, 0) is 6.42 Å². The largest absolute Gasteiger partial charge is 0.389 e. The lowest BCUT2D eigenvalue weighted by Gasteiger charge is -2.39. The van der Waals surface area contributed by atoms with E-state index in [1.165, 1.54) is 31.7 Å². The second kappa shape index (κ2) is 4.05. The Bertz CT molecular complexity index is 500. The van der Waals surface area contributed by atoms with Crippen LogP contribution in [0.15, 0.2) is 24.3 Å². The minimum atomic E-state index is -0.641. The van der Waals surface area contributed by atoms with Gasteiger partial charge in [0.1, 0.15) is 5.82 Å². The first kappa shape index (κ1) is 11.9. The van der Waals surface area contributed by atoms with E-state index in [1.54, 1.807) is 6.07 Å². The molecule has 2 heteroatoms. The third kappa shape index (κ3) is 1.69. The molecule has 3 saturated carbocycles. The molecule has 1 aromatic carbocycles. The summed E-state index contributed by atoms with van der Waals surface area (Å²) < 4.78 is 13.8. The molecular formula is C17H21FO. The lowest BCUT2D eigenvalue weighted by atomic mass is 9.70. The van der Waals surface area contributed by atoms with Gasteiger partial charge >= 0.3 is 0 Å². The van der Waals surface area contributed by atoms with Crippen LogP contribution in [0.5, 0.6) is 0 Å². The molecule has 102 valence electrons. The predicted molar refractivity (Wildman–Crippen MR) is 72.1 cm³/mol. The van der Waals surface area contributed by atoms with Crippen molar-refractivity contribution in [3.05, 3.63) is 35.6 Å². The molecule has 5 unspecified atom stereocenters. The van der Waals surface area contributed by atoms with Gasteiger partial charge in [-0.15, -0.1) is 0 Å². The van der Waals surface area contributed by atoms with Crippen molar-refractivity contribution in [2.45, 2.75) is 44.1 Å². The van der Waals surface area contributed by atoms with Gasteiger partial charge in [-0.05, 0) is 61.0 Å². The topological polar surface area (TPSA) is 20.2 Å². The molecule has 0 heterocycles. The number of hydrogen-bond donors (Lipinski definition) is 1. The third-order valence-electron chi connectivity index (χ3n) is 6.06. The van der Waals surface area contributed by atoms with Crippen molar-refractivity contribution in [3.8, 4) is 0 Å². The quantitative estimate of drug-likeness (QED) is 0.862. The number of rotatable bonds is 2. The van der Waals surface area contributed by atoms with Crippen molar-refractivity contribution in [1.82, 2.24) is 0 Å². The van der Waals surface area contributed by atoms with Crippen molar-refractivity contribution in [3.63, 3.8) is 0 Å². The summed E-state index contributed by atoms with van der Waals surface area (Å²) in [5.41, 5.74) is 0.0466. The fraction of sp³-hybridized carbons (Fsp3) is 0.647. The molecule has 1 nitrogen and oxygen atoms in total. The summed E-state index contributed by atoms with van der Waals surface area (Å²) in [4.78, 5) is 0. The molecule has 0 spiro atoms. The van der Waals surface area contributed by atoms with Crippen molar-refractivity contribution in [2.24, 2.45) is 23.7 Å². The standard InChI is InChI=1S/C17H21FO/c18-16-7-2-1-4-11(16)9-17(19)10-12-8-15(17)14-6-3-5-13(12)14/h1-2,4,7,12-15,19H,3,5-6,8-10H2. The first-order valence-electron chi connectivity index (χ1n) is 7.63. The van der Waals surface area contributed by atoms with Crippen LogP contribution in [0, 0.1) is 29.5 Å². The Morgan fingerprint density at radius 1 is 1.21 bits per heavy atom. The average Bonchev–Trinajstić information content (AvgIpc) is 3.02. The van der Waals surface area contributed by atoms with E-state index in [4.69, 9.17) is 0 Å². The second-order valence-electron chi connectivity index (χ2n) is 6.94. The van der Waals surface area contributed by atoms with Gasteiger partial charge in [0.15, 0.2) is 0 Å². The zero-order chi connectivity index (χ0) is 13.0. The van der Waals surface area contributed by atoms with Crippen LogP contribution in [0.25, 0.3) is 0 Å². The minimum absolute atomic E-state index is 0.165. The molecule has 5 atom stereocenters. The smallest absolute Gasteiger partial charge is 0.126 e. The van der Waals surface area contributed by atoms with Crippen molar-refractivity contribution < 1.29 is 9.50 Å². The van der Waals surface area contributed by atoms with Gasteiger partial charge in [0.25, 0.3) is 0 Å². The molecule has 19 heavy (non-hydrogen) atoms. The Hall–Kier alpha value is -0.890. The summed E-state index contributed by atoms with van der Waals surface area (Å²) in [5.74, 6) is 2.54. The monoisotopic (exact) mass is 260 g/mol.